The Morgan fingerprint density at radius 2 is 1.11 bits per heavy atom. The predicted molar refractivity (Wildman–Crippen MR) is 114 cm³/mol. The van der Waals surface area contributed by atoms with Crippen molar-refractivity contribution in [1.82, 2.24) is 0 Å². The van der Waals surface area contributed by atoms with Crippen LogP contribution in [0.25, 0.3) is 0 Å². The molecule has 0 fully saturated rings. The monoisotopic (exact) mass is 388 g/mol. The van der Waals surface area contributed by atoms with Crippen LogP contribution < -0.4 is 0 Å². The minimum Gasteiger partial charge on any atom is -0.328 e. The van der Waals surface area contributed by atoms with Gasteiger partial charge in [0.05, 0.1) is 0 Å². The second-order valence-corrected chi connectivity index (χ2v) is 10.1. The molecule has 0 radical (unpaired) electrons. The molecule has 4 heteroatoms. The van der Waals surface area contributed by atoms with Crippen molar-refractivity contribution in [2.45, 2.75) is 72.3 Å². The molecule has 2 aromatic carbocycles. The average Bonchev–Trinajstić information content (AvgIpc) is 2.51. The third kappa shape index (κ3) is 5.39. The second-order valence-electron chi connectivity index (χ2n) is 9.38. The van der Waals surface area contributed by atoms with Crippen molar-refractivity contribution in [3.63, 3.8) is 0 Å². The maximum atomic E-state index is 9.59. The molecule has 148 valence electrons. The first-order valence-corrected chi connectivity index (χ1v) is 10.5. The highest BCUT2D eigenvalue weighted by Crippen LogP contribution is 2.42. The fourth-order valence-corrected chi connectivity index (χ4v) is 3.66. The van der Waals surface area contributed by atoms with Gasteiger partial charge >= 0.3 is 8.60 Å². The van der Waals surface area contributed by atoms with Gasteiger partial charge in [-0.3, -0.25) is 4.52 Å². The summed E-state index contributed by atoms with van der Waals surface area (Å²) in [4.78, 5) is 19.2. The van der Waals surface area contributed by atoms with E-state index in [9.17, 15) is 9.79 Å². The summed E-state index contributed by atoms with van der Waals surface area (Å²) in [5.41, 5.74) is 6.72. The first-order chi connectivity index (χ1) is 12.3. The Kier molecular flexibility index (Phi) is 6.54. The van der Waals surface area contributed by atoms with Crippen molar-refractivity contribution < 1.29 is 14.3 Å². The zero-order chi connectivity index (χ0) is 20.6. The van der Waals surface area contributed by atoms with Crippen molar-refractivity contribution in [2.24, 2.45) is 0 Å². The molecule has 2 rings (SSSR count). The van der Waals surface area contributed by atoms with Crippen LogP contribution in [-0.2, 0) is 15.4 Å². The van der Waals surface area contributed by atoms with Crippen LogP contribution in [0.2, 0.25) is 0 Å². The molecule has 0 saturated heterocycles. The molecule has 0 heterocycles. The van der Waals surface area contributed by atoms with Gasteiger partial charge in [-0.05, 0) is 58.1 Å². The Morgan fingerprint density at radius 1 is 0.741 bits per heavy atom. The maximum Gasteiger partial charge on any atom is 0.327 e. The van der Waals surface area contributed by atoms with E-state index < -0.39 is 14.7 Å². The Balaban J connectivity index is 2.54. The van der Waals surface area contributed by atoms with Crippen LogP contribution in [0, 0.1) is 13.8 Å². The van der Waals surface area contributed by atoms with E-state index in [1.807, 2.05) is 0 Å². The van der Waals surface area contributed by atoms with Crippen molar-refractivity contribution in [3.05, 3.63) is 69.8 Å². The first-order valence-electron chi connectivity index (χ1n) is 9.37. The summed E-state index contributed by atoms with van der Waals surface area (Å²) >= 11 is 0. The molecule has 2 aromatic rings. The topological polar surface area (TPSA) is 49.7 Å². The van der Waals surface area contributed by atoms with Crippen molar-refractivity contribution >= 4 is 8.60 Å². The number of rotatable bonds is 4. The molecule has 0 spiro atoms. The van der Waals surface area contributed by atoms with E-state index in [1.165, 1.54) is 11.1 Å². The summed E-state index contributed by atoms with van der Waals surface area (Å²) in [5.74, 6) is 0. The highest BCUT2D eigenvalue weighted by atomic mass is 31.2. The maximum absolute atomic E-state index is 9.59. The Hall–Kier alpha value is -1.25. The summed E-state index contributed by atoms with van der Waals surface area (Å²) in [6, 6.07) is 12.7. The van der Waals surface area contributed by atoms with Gasteiger partial charge in [0.15, 0.2) is 0 Å². The summed E-state index contributed by atoms with van der Waals surface area (Å²) in [7, 11) is -2.47. The van der Waals surface area contributed by atoms with E-state index in [1.54, 1.807) is 0 Å². The zero-order valence-corrected chi connectivity index (χ0v) is 18.7. The molecule has 0 saturated carbocycles. The van der Waals surface area contributed by atoms with Gasteiger partial charge in [-0.25, -0.2) is 0 Å². The number of hydrogen-bond donors (Lipinski definition) is 2. The van der Waals surface area contributed by atoms with Crippen LogP contribution in [0.3, 0.4) is 0 Å². The minimum atomic E-state index is -2.47. The normalized spacial score (nSPS) is 12.9. The Labute approximate surface area is 165 Å². The summed E-state index contributed by atoms with van der Waals surface area (Å²) < 4.78 is 5.61. The molecule has 0 aliphatic rings. The third-order valence-electron chi connectivity index (χ3n) is 5.04. The highest BCUT2D eigenvalue weighted by Gasteiger charge is 2.25. The lowest BCUT2D eigenvalue weighted by atomic mass is 9.82. The molecule has 0 aliphatic carbocycles. The van der Waals surface area contributed by atoms with Crippen molar-refractivity contribution in [1.29, 1.82) is 0 Å². The average molecular weight is 388 g/mol. The molecule has 0 aliphatic heterocycles. The van der Waals surface area contributed by atoms with Gasteiger partial charge in [-0.1, -0.05) is 77.9 Å². The smallest absolute Gasteiger partial charge is 0.327 e. The van der Waals surface area contributed by atoms with E-state index in [2.05, 4.69) is 91.8 Å². The van der Waals surface area contributed by atoms with E-state index >= 15 is 0 Å². The Morgan fingerprint density at radius 3 is 1.37 bits per heavy atom. The zero-order valence-electron chi connectivity index (χ0n) is 17.8. The van der Waals surface area contributed by atoms with Gasteiger partial charge in [-0.15, -0.1) is 0 Å². The lowest BCUT2D eigenvalue weighted by Crippen LogP contribution is -2.14. The van der Waals surface area contributed by atoms with Crippen LogP contribution in [-0.4, -0.2) is 9.79 Å². The second kappa shape index (κ2) is 8.01. The van der Waals surface area contributed by atoms with Crippen LogP contribution in [0.15, 0.2) is 36.4 Å². The van der Waals surface area contributed by atoms with Crippen LogP contribution >= 0.6 is 8.60 Å². The molecule has 0 atom stereocenters. The molecule has 0 aromatic heterocycles. The van der Waals surface area contributed by atoms with Gasteiger partial charge in [0, 0.05) is 0 Å². The van der Waals surface area contributed by atoms with E-state index in [0.717, 1.165) is 22.3 Å². The van der Waals surface area contributed by atoms with Crippen molar-refractivity contribution in [3.8, 4) is 0 Å². The lowest BCUT2D eigenvalue weighted by Gasteiger charge is -2.26. The number of hydrogen-bond acceptors (Lipinski definition) is 3. The van der Waals surface area contributed by atoms with Crippen LogP contribution in [0.5, 0.6) is 0 Å². The summed E-state index contributed by atoms with van der Waals surface area (Å²) in [5, 5.41) is 0. The SMILES string of the molecule is Cc1cc(C(C)(C)C)ccc1C(OP(O)O)c1ccc(C(C)(C)C)cc1C. The van der Waals surface area contributed by atoms with Crippen LogP contribution in [0.4, 0.5) is 0 Å². The molecule has 27 heavy (non-hydrogen) atoms. The van der Waals surface area contributed by atoms with E-state index in [4.69, 9.17) is 4.52 Å². The number of benzene rings is 2. The van der Waals surface area contributed by atoms with Gasteiger partial charge in [0.1, 0.15) is 6.10 Å². The van der Waals surface area contributed by atoms with E-state index in [-0.39, 0.29) is 10.8 Å². The highest BCUT2D eigenvalue weighted by molar-refractivity contribution is 7.39. The fraction of sp³-hybridized carbons (Fsp3) is 0.478. The lowest BCUT2D eigenvalue weighted by molar-refractivity contribution is 0.203. The standard InChI is InChI=1S/C23H33O3P/c1-15-13-17(22(3,4)5)9-11-19(15)21(26-27(24)25)20-12-10-18(14-16(20)2)23(6,7)8/h9-14,21,24-25H,1-8H3. The summed E-state index contributed by atoms with van der Waals surface area (Å²) in [6.45, 7) is 17.2. The third-order valence-corrected chi connectivity index (χ3v) is 5.44. The van der Waals surface area contributed by atoms with E-state index in [0.29, 0.717) is 0 Å². The Bertz CT molecular complexity index is 735. The molecular weight excluding hydrogens is 355 g/mol. The number of aryl methyl sites for hydroxylation is 2. The van der Waals surface area contributed by atoms with Gasteiger partial charge in [0.25, 0.3) is 0 Å². The molecule has 0 bridgehead atoms. The fourth-order valence-electron chi connectivity index (χ4n) is 3.25. The molecule has 0 amide bonds. The van der Waals surface area contributed by atoms with Gasteiger partial charge in [0.2, 0.25) is 0 Å². The molecule has 3 nitrogen and oxygen atoms in total. The molecule has 2 N–H and O–H groups in total. The van der Waals surface area contributed by atoms with Crippen LogP contribution in [0.1, 0.15) is 81.0 Å². The largest absolute Gasteiger partial charge is 0.328 e. The van der Waals surface area contributed by atoms with Gasteiger partial charge < -0.3 is 9.79 Å². The molecule has 0 unspecified atom stereocenters. The molecular formula is C23H33O3P. The van der Waals surface area contributed by atoms with Gasteiger partial charge in [-0.2, -0.15) is 0 Å². The predicted octanol–water partition coefficient (Wildman–Crippen LogP) is 6.22. The van der Waals surface area contributed by atoms with Crippen molar-refractivity contribution in [2.75, 3.05) is 0 Å². The minimum absolute atomic E-state index is 0.0600. The summed E-state index contributed by atoms with van der Waals surface area (Å²) in [6.07, 6.45) is -0.505. The quantitative estimate of drug-likeness (QED) is 0.612. The first kappa shape index (κ1) is 22.0.